The van der Waals surface area contributed by atoms with Crippen LogP contribution >= 0.6 is 0 Å². The third kappa shape index (κ3) is 5.97. The maximum absolute atomic E-state index is 14.9. The lowest BCUT2D eigenvalue weighted by Crippen LogP contribution is -2.20. The minimum absolute atomic E-state index is 0.121. The van der Waals surface area contributed by atoms with Crippen LogP contribution in [-0.4, -0.2) is 18.6 Å². The molecule has 0 aromatic heterocycles. The topological polar surface area (TPSA) is 21.8 Å². The number of fused-ring (bicyclic) bond motifs is 1. The Labute approximate surface area is 204 Å². The first-order chi connectivity index (χ1) is 16.9. The van der Waals surface area contributed by atoms with Crippen LogP contribution in [0, 0.1) is 17.5 Å². The van der Waals surface area contributed by atoms with E-state index in [4.69, 9.17) is 9.47 Å². The van der Waals surface area contributed by atoms with Crippen LogP contribution in [0.3, 0.4) is 0 Å². The Morgan fingerprint density at radius 1 is 0.857 bits per heavy atom. The van der Waals surface area contributed by atoms with Crippen molar-refractivity contribution in [3.63, 3.8) is 0 Å². The van der Waals surface area contributed by atoms with Gasteiger partial charge in [-0.05, 0) is 59.4 Å². The van der Waals surface area contributed by atoms with E-state index in [-0.39, 0.29) is 17.4 Å². The molecule has 0 bridgehead atoms. The highest BCUT2D eigenvalue weighted by atomic mass is 19.2. The van der Waals surface area contributed by atoms with Gasteiger partial charge in [0, 0.05) is 5.56 Å². The summed E-state index contributed by atoms with van der Waals surface area (Å²) < 4.78 is 69.3. The van der Waals surface area contributed by atoms with Crippen molar-refractivity contribution in [3.05, 3.63) is 65.5 Å². The van der Waals surface area contributed by atoms with Gasteiger partial charge in [-0.1, -0.05) is 70.2 Å². The summed E-state index contributed by atoms with van der Waals surface area (Å²) in [4.78, 5) is 0. The monoisotopic (exact) mass is 488 g/mol. The smallest absolute Gasteiger partial charge is 0.266 e. The van der Waals surface area contributed by atoms with Crippen molar-refractivity contribution >= 4 is 10.8 Å². The lowest BCUT2D eigenvalue weighted by molar-refractivity contribution is 0.0366. The van der Waals surface area contributed by atoms with Crippen molar-refractivity contribution in [1.82, 2.24) is 0 Å². The van der Waals surface area contributed by atoms with Gasteiger partial charge in [0.1, 0.15) is 0 Å². The number of epoxide rings is 1. The van der Waals surface area contributed by atoms with Gasteiger partial charge < -0.3 is 9.47 Å². The average Bonchev–Trinajstić information content (AvgIpc) is 3.63. The number of hydrogen-bond donors (Lipinski definition) is 0. The van der Waals surface area contributed by atoms with E-state index >= 15 is 0 Å². The van der Waals surface area contributed by atoms with E-state index in [0.29, 0.717) is 28.3 Å². The summed E-state index contributed by atoms with van der Waals surface area (Å²) in [6.07, 6.45) is 4.52. The fraction of sp³-hybridized carbons (Fsp3) is 0.448. The van der Waals surface area contributed by atoms with E-state index in [2.05, 4.69) is 6.92 Å². The minimum Gasteiger partial charge on any atom is -0.454 e. The molecule has 1 saturated heterocycles. The molecule has 4 rings (SSSR count). The average molecular weight is 489 g/mol. The number of rotatable bonds is 12. The van der Waals surface area contributed by atoms with Gasteiger partial charge in [-0.15, -0.1) is 0 Å². The summed E-state index contributed by atoms with van der Waals surface area (Å²) >= 11 is 0. The zero-order valence-electron chi connectivity index (χ0n) is 20.3. The molecule has 2 nitrogen and oxygen atoms in total. The molecule has 3 aromatic rings. The molecule has 0 spiro atoms. The molecular formula is C29H32F4O2. The van der Waals surface area contributed by atoms with Crippen molar-refractivity contribution in [3.8, 4) is 16.9 Å². The SMILES string of the molecule is CCCCCCc1ccc(-c2ccc3cc(OC(F)C4OC4CCCC)c(F)cc3c2)c(F)c1F. The normalized spacial score (nSPS) is 18.1. The van der Waals surface area contributed by atoms with Gasteiger partial charge in [-0.3, -0.25) is 0 Å². The van der Waals surface area contributed by atoms with Crippen molar-refractivity contribution < 1.29 is 27.0 Å². The second-order valence-electron chi connectivity index (χ2n) is 9.31. The Kier molecular flexibility index (Phi) is 8.32. The first-order valence-corrected chi connectivity index (χ1v) is 12.6. The minimum atomic E-state index is -1.75. The standard InChI is InChI=1S/C29H32F4O2/c1-3-5-7-8-9-18-13-14-22(27(32)26(18)31)20-12-11-19-17-25(23(30)16-21(19)15-20)35-29(33)28-24(34-28)10-6-4-2/h11-17,24,28-29H,3-10H2,1-2H3. The Morgan fingerprint density at radius 2 is 1.66 bits per heavy atom. The lowest BCUT2D eigenvalue weighted by Gasteiger charge is -2.13. The lowest BCUT2D eigenvalue weighted by atomic mass is 9.97. The van der Waals surface area contributed by atoms with Crippen LogP contribution in [0.4, 0.5) is 17.6 Å². The second-order valence-corrected chi connectivity index (χ2v) is 9.31. The highest BCUT2D eigenvalue weighted by Crippen LogP contribution is 2.36. The number of benzene rings is 3. The molecular weight excluding hydrogens is 456 g/mol. The summed E-state index contributed by atoms with van der Waals surface area (Å²) in [6.45, 7) is 4.15. The predicted molar refractivity (Wildman–Crippen MR) is 131 cm³/mol. The summed E-state index contributed by atoms with van der Waals surface area (Å²) in [6, 6.07) is 10.7. The van der Waals surface area contributed by atoms with Crippen LogP contribution in [0.1, 0.15) is 64.4 Å². The van der Waals surface area contributed by atoms with Crippen LogP contribution in [0.25, 0.3) is 21.9 Å². The fourth-order valence-corrected chi connectivity index (χ4v) is 4.47. The molecule has 1 fully saturated rings. The summed E-state index contributed by atoms with van der Waals surface area (Å²) in [7, 11) is 0. The second kappa shape index (κ2) is 11.4. The van der Waals surface area contributed by atoms with Crippen LogP contribution < -0.4 is 4.74 Å². The van der Waals surface area contributed by atoms with Gasteiger partial charge in [-0.25, -0.2) is 13.2 Å². The van der Waals surface area contributed by atoms with Crippen LogP contribution in [0.15, 0.2) is 42.5 Å². The number of alkyl halides is 1. The molecule has 0 radical (unpaired) electrons. The molecule has 1 aliphatic heterocycles. The van der Waals surface area contributed by atoms with Crippen molar-refractivity contribution in [2.45, 2.75) is 83.8 Å². The Bertz CT molecular complexity index is 1160. The third-order valence-corrected chi connectivity index (χ3v) is 6.63. The zero-order valence-corrected chi connectivity index (χ0v) is 20.3. The van der Waals surface area contributed by atoms with Crippen molar-refractivity contribution in [1.29, 1.82) is 0 Å². The maximum atomic E-state index is 14.9. The van der Waals surface area contributed by atoms with Crippen molar-refractivity contribution in [2.75, 3.05) is 0 Å². The van der Waals surface area contributed by atoms with Crippen molar-refractivity contribution in [2.24, 2.45) is 0 Å². The Balaban J connectivity index is 1.50. The number of ether oxygens (including phenoxy) is 2. The molecule has 3 unspecified atom stereocenters. The molecule has 3 atom stereocenters. The first-order valence-electron chi connectivity index (χ1n) is 12.6. The third-order valence-electron chi connectivity index (χ3n) is 6.63. The van der Waals surface area contributed by atoms with Gasteiger partial charge in [0.2, 0.25) is 0 Å². The predicted octanol–water partition coefficient (Wildman–Crippen LogP) is 8.68. The molecule has 6 heteroatoms. The number of halogens is 4. The maximum Gasteiger partial charge on any atom is 0.266 e. The fourth-order valence-electron chi connectivity index (χ4n) is 4.47. The number of aryl methyl sites for hydroxylation is 1. The van der Waals surface area contributed by atoms with E-state index in [1.54, 1.807) is 30.3 Å². The molecule has 35 heavy (non-hydrogen) atoms. The summed E-state index contributed by atoms with van der Waals surface area (Å²) in [5.74, 6) is -2.66. The number of hydrogen-bond acceptors (Lipinski definition) is 2. The molecule has 188 valence electrons. The summed E-state index contributed by atoms with van der Waals surface area (Å²) in [5.41, 5.74) is 0.927. The van der Waals surface area contributed by atoms with Gasteiger partial charge in [-0.2, -0.15) is 4.39 Å². The van der Waals surface area contributed by atoms with E-state index in [1.807, 2.05) is 6.92 Å². The molecule has 0 amide bonds. The van der Waals surface area contributed by atoms with Gasteiger partial charge in [0.15, 0.2) is 29.3 Å². The largest absolute Gasteiger partial charge is 0.454 e. The highest BCUT2D eigenvalue weighted by Gasteiger charge is 2.46. The quantitative estimate of drug-likeness (QED) is 0.144. The van der Waals surface area contributed by atoms with Crippen LogP contribution in [-0.2, 0) is 11.2 Å². The van der Waals surface area contributed by atoms with E-state index in [9.17, 15) is 17.6 Å². The van der Waals surface area contributed by atoms with E-state index < -0.39 is 29.9 Å². The van der Waals surface area contributed by atoms with Gasteiger partial charge in [0.05, 0.1) is 6.10 Å². The van der Waals surface area contributed by atoms with E-state index in [0.717, 1.165) is 44.9 Å². The van der Waals surface area contributed by atoms with Crippen LogP contribution in [0.5, 0.6) is 5.75 Å². The molecule has 1 aliphatic rings. The van der Waals surface area contributed by atoms with E-state index in [1.165, 1.54) is 12.1 Å². The van der Waals surface area contributed by atoms with Crippen LogP contribution in [0.2, 0.25) is 0 Å². The van der Waals surface area contributed by atoms with Gasteiger partial charge in [0.25, 0.3) is 6.36 Å². The summed E-state index contributed by atoms with van der Waals surface area (Å²) in [5, 5.41) is 1.08. The molecule has 1 heterocycles. The molecule has 3 aromatic carbocycles. The Morgan fingerprint density at radius 3 is 2.43 bits per heavy atom. The van der Waals surface area contributed by atoms with Gasteiger partial charge >= 0.3 is 0 Å². The Hall–Kier alpha value is -2.60. The highest BCUT2D eigenvalue weighted by molar-refractivity contribution is 5.88. The first kappa shape index (κ1) is 25.5. The molecule has 0 N–H and O–H groups in total. The molecule has 0 saturated carbocycles. The zero-order chi connectivity index (χ0) is 24.9. The number of unbranched alkanes of at least 4 members (excludes halogenated alkanes) is 4. The molecule has 0 aliphatic carbocycles.